The topological polar surface area (TPSA) is 73.9 Å². The van der Waals surface area contributed by atoms with Gasteiger partial charge in [0.05, 0.1) is 25.2 Å². The smallest absolute Gasteiger partial charge is 0.241 e. The Morgan fingerprint density at radius 1 is 1.00 bits per heavy atom. The number of methoxy groups -OCH3 is 1. The lowest BCUT2D eigenvalue weighted by molar-refractivity contribution is 0.287. The molecule has 8 heteroatoms. The Labute approximate surface area is 159 Å². The number of hydrogen-bond acceptors (Lipinski definition) is 5. The molecule has 2 rings (SSSR count). The molecule has 2 aromatic rings. The normalized spacial score (nSPS) is 12.5. The second-order valence-corrected chi connectivity index (χ2v) is 7.43. The number of benzene rings is 2. The summed E-state index contributed by atoms with van der Waals surface area (Å²) < 4.78 is 57.4. The van der Waals surface area contributed by atoms with E-state index in [1.54, 1.807) is 25.1 Å². The van der Waals surface area contributed by atoms with Crippen molar-refractivity contribution in [1.29, 1.82) is 0 Å². The van der Waals surface area contributed by atoms with Crippen molar-refractivity contribution in [3.63, 3.8) is 0 Å². The second-order valence-electron chi connectivity index (χ2n) is 5.71. The van der Waals surface area contributed by atoms with Gasteiger partial charge in [-0.15, -0.1) is 0 Å². The lowest BCUT2D eigenvalue weighted by Gasteiger charge is -2.18. The van der Waals surface area contributed by atoms with Crippen LogP contribution < -0.4 is 18.9 Å². The summed E-state index contributed by atoms with van der Waals surface area (Å²) in [6.07, 6.45) is 0. The first-order valence-electron chi connectivity index (χ1n) is 8.57. The number of ether oxygens (including phenoxy) is 3. The van der Waals surface area contributed by atoms with Crippen molar-refractivity contribution in [3.8, 4) is 17.2 Å². The van der Waals surface area contributed by atoms with E-state index < -0.39 is 21.9 Å². The summed E-state index contributed by atoms with van der Waals surface area (Å²) in [6.45, 7) is 6.36. The monoisotopic (exact) mass is 397 g/mol. The summed E-state index contributed by atoms with van der Waals surface area (Å²) >= 11 is 0. The van der Waals surface area contributed by atoms with Crippen LogP contribution in [0, 0.1) is 5.82 Å². The van der Waals surface area contributed by atoms with E-state index in [9.17, 15) is 12.8 Å². The highest BCUT2D eigenvalue weighted by Crippen LogP contribution is 2.31. The summed E-state index contributed by atoms with van der Waals surface area (Å²) in [5.74, 6) is 0.372. The van der Waals surface area contributed by atoms with E-state index in [0.29, 0.717) is 30.3 Å². The molecule has 0 radical (unpaired) electrons. The quantitative estimate of drug-likeness (QED) is 0.699. The van der Waals surface area contributed by atoms with Crippen LogP contribution in [0.3, 0.4) is 0 Å². The van der Waals surface area contributed by atoms with Crippen LogP contribution >= 0.6 is 0 Å². The van der Waals surface area contributed by atoms with Crippen LogP contribution in [0.25, 0.3) is 0 Å². The molecule has 0 heterocycles. The number of hydrogen-bond donors (Lipinski definition) is 1. The largest absolute Gasteiger partial charge is 0.494 e. The van der Waals surface area contributed by atoms with Crippen LogP contribution in [0.4, 0.5) is 4.39 Å². The third-order valence-corrected chi connectivity index (χ3v) is 5.37. The predicted molar refractivity (Wildman–Crippen MR) is 100 cm³/mol. The molecule has 0 aliphatic rings. The fraction of sp³-hybridized carbons (Fsp3) is 0.368. The molecule has 0 aromatic heterocycles. The maximum absolute atomic E-state index is 13.8. The highest BCUT2D eigenvalue weighted by atomic mass is 32.2. The van der Waals surface area contributed by atoms with Gasteiger partial charge in [0.1, 0.15) is 0 Å². The molecule has 0 saturated heterocycles. The summed E-state index contributed by atoms with van der Waals surface area (Å²) in [5, 5.41) is 0. The van der Waals surface area contributed by atoms with Gasteiger partial charge in [-0.2, -0.15) is 0 Å². The molecule has 2 aromatic carbocycles. The molecule has 1 atom stereocenters. The maximum Gasteiger partial charge on any atom is 0.241 e. The zero-order chi connectivity index (χ0) is 20.0. The van der Waals surface area contributed by atoms with Crippen molar-refractivity contribution in [2.24, 2.45) is 0 Å². The number of nitrogens with one attached hydrogen (secondary N) is 1. The van der Waals surface area contributed by atoms with Crippen molar-refractivity contribution in [2.45, 2.75) is 31.7 Å². The fourth-order valence-electron chi connectivity index (χ4n) is 2.52. The van der Waals surface area contributed by atoms with Crippen molar-refractivity contribution >= 4 is 10.0 Å². The standard InChI is InChI=1S/C19H24FNO5S/c1-5-25-18-9-7-14(11-19(18)26-6-2)13(3)21-27(22,23)15-8-10-17(24-4)16(20)12-15/h7-13,21H,5-6H2,1-4H3/t13-/m1/s1. The van der Waals surface area contributed by atoms with Gasteiger partial charge < -0.3 is 14.2 Å². The molecule has 0 saturated carbocycles. The van der Waals surface area contributed by atoms with Crippen LogP contribution in [-0.4, -0.2) is 28.7 Å². The first-order valence-corrected chi connectivity index (χ1v) is 10.1. The SMILES string of the molecule is CCOc1ccc([C@@H](C)NS(=O)(=O)c2ccc(OC)c(F)c2)cc1OCC. The Kier molecular flexibility index (Phi) is 7.04. The van der Waals surface area contributed by atoms with Gasteiger partial charge in [0, 0.05) is 6.04 Å². The van der Waals surface area contributed by atoms with E-state index in [-0.39, 0.29) is 10.6 Å². The second kappa shape index (κ2) is 9.05. The van der Waals surface area contributed by atoms with Crippen LogP contribution in [0.5, 0.6) is 17.2 Å². The molecule has 0 aliphatic carbocycles. The highest BCUT2D eigenvalue weighted by molar-refractivity contribution is 7.89. The minimum atomic E-state index is -3.92. The van der Waals surface area contributed by atoms with Crippen LogP contribution in [0.1, 0.15) is 32.4 Å². The van der Waals surface area contributed by atoms with Gasteiger partial charge in [0.2, 0.25) is 10.0 Å². The predicted octanol–water partition coefficient (Wildman–Crippen LogP) is 3.67. The Morgan fingerprint density at radius 3 is 2.22 bits per heavy atom. The fourth-order valence-corrected chi connectivity index (χ4v) is 3.76. The van der Waals surface area contributed by atoms with Gasteiger partial charge in [-0.25, -0.2) is 17.5 Å². The number of sulfonamides is 1. The van der Waals surface area contributed by atoms with E-state index in [4.69, 9.17) is 14.2 Å². The lowest BCUT2D eigenvalue weighted by atomic mass is 10.1. The summed E-state index contributed by atoms with van der Waals surface area (Å²) in [4.78, 5) is -0.177. The molecule has 0 fully saturated rings. The molecule has 27 heavy (non-hydrogen) atoms. The highest BCUT2D eigenvalue weighted by Gasteiger charge is 2.21. The van der Waals surface area contributed by atoms with E-state index in [0.717, 1.165) is 6.07 Å². The third-order valence-electron chi connectivity index (χ3n) is 3.83. The van der Waals surface area contributed by atoms with Crippen molar-refractivity contribution in [3.05, 3.63) is 47.8 Å². The first-order chi connectivity index (χ1) is 12.8. The Morgan fingerprint density at radius 2 is 1.63 bits per heavy atom. The Balaban J connectivity index is 2.26. The first kappa shape index (κ1) is 21.0. The van der Waals surface area contributed by atoms with Crippen molar-refractivity contribution in [1.82, 2.24) is 4.72 Å². The minimum absolute atomic E-state index is 0.0186. The lowest BCUT2D eigenvalue weighted by Crippen LogP contribution is -2.27. The molecule has 0 amide bonds. The summed E-state index contributed by atoms with van der Waals surface area (Å²) in [7, 11) is -2.60. The zero-order valence-corrected chi connectivity index (χ0v) is 16.6. The van der Waals surface area contributed by atoms with Gasteiger partial charge in [0.15, 0.2) is 23.1 Å². The van der Waals surface area contributed by atoms with Gasteiger partial charge in [0.25, 0.3) is 0 Å². The van der Waals surface area contributed by atoms with E-state index in [2.05, 4.69) is 4.72 Å². The Bertz CT molecular complexity index is 886. The van der Waals surface area contributed by atoms with Gasteiger partial charge in [-0.05, 0) is 56.7 Å². The zero-order valence-electron chi connectivity index (χ0n) is 15.8. The summed E-state index contributed by atoms with van der Waals surface area (Å²) in [6, 6.07) is 8.17. The van der Waals surface area contributed by atoms with Crippen molar-refractivity contribution < 1.29 is 27.0 Å². The van der Waals surface area contributed by atoms with Gasteiger partial charge in [-0.3, -0.25) is 0 Å². The van der Waals surface area contributed by atoms with Crippen LogP contribution in [0.2, 0.25) is 0 Å². The average Bonchev–Trinajstić information content (AvgIpc) is 2.63. The molecule has 148 valence electrons. The van der Waals surface area contributed by atoms with Gasteiger partial charge >= 0.3 is 0 Å². The van der Waals surface area contributed by atoms with E-state index in [1.165, 1.54) is 19.2 Å². The molecule has 0 aliphatic heterocycles. The van der Waals surface area contributed by atoms with Gasteiger partial charge in [-0.1, -0.05) is 6.07 Å². The van der Waals surface area contributed by atoms with Crippen molar-refractivity contribution in [2.75, 3.05) is 20.3 Å². The molecule has 0 bridgehead atoms. The minimum Gasteiger partial charge on any atom is -0.494 e. The average molecular weight is 397 g/mol. The van der Waals surface area contributed by atoms with Crippen LogP contribution in [-0.2, 0) is 10.0 Å². The number of halogens is 1. The molecular weight excluding hydrogens is 373 g/mol. The maximum atomic E-state index is 13.8. The molecule has 6 nitrogen and oxygen atoms in total. The van der Waals surface area contributed by atoms with Crippen LogP contribution in [0.15, 0.2) is 41.3 Å². The third kappa shape index (κ3) is 5.11. The van der Waals surface area contributed by atoms with E-state index in [1.807, 2.05) is 13.8 Å². The Hall–Kier alpha value is -2.32. The molecular formula is C19H24FNO5S. The molecule has 0 spiro atoms. The molecule has 1 N–H and O–H groups in total. The van der Waals surface area contributed by atoms with E-state index >= 15 is 0 Å². The number of rotatable bonds is 9. The summed E-state index contributed by atoms with van der Waals surface area (Å²) in [5.41, 5.74) is 0.694. The molecule has 0 unspecified atom stereocenters.